The summed E-state index contributed by atoms with van der Waals surface area (Å²) in [5, 5.41) is 11.6. The van der Waals surface area contributed by atoms with Crippen LogP contribution >= 0.6 is 58.0 Å². The van der Waals surface area contributed by atoms with Crippen LogP contribution in [0.1, 0.15) is 11.4 Å². The Balaban J connectivity index is 2.20. The van der Waals surface area contributed by atoms with Crippen LogP contribution < -0.4 is 0 Å². The van der Waals surface area contributed by atoms with Crippen molar-refractivity contribution in [3.05, 3.63) is 41.7 Å². The first kappa shape index (κ1) is 15.1. The molecule has 1 heterocycles. The molecule has 2 rings (SSSR count). The number of tetrazole rings is 1. The Morgan fingerprint density at radius 1 is 1.00 bits per heavy atom. The maximum Gasteiger partial charge on any atom is 0.230 e. The van der Waals surface area contributed by atoms with Gasteiger partial charge in [-0.15, -0.1) is 10.2 Å². The van der Waals surface area contributed by atoms with Crippen LogP contribution in [0, 0.1) is 0 Å². The van der Waals surface area contributed by atoms with Crippen molar-refractivity contribution in [3.63, 3.8) is 0 Å². The van der Waals surface area contributed by atoms with Crippen LogP contribution in [0.15, 0.2) is 30.3 Å². The number of benzene rings is 1. The van der Waals surface area contributed by atoms with E-state index in [2.05, 4.69) is 15.4 Å². The third kappa shape index (κ3) is 3.44. The third-order valence-electron chi connectivity index (χ3n) is 2.26. The van der Waals surface area contributed by atoms with Gasteiger partial charge in [0, 0.05) is 0 Å². The number of hydrogen-bond donors (Lipinski definition) is 0. The van der Waals surface area contributed by atoms with E-state index in [1.165, 1.54) is 4.80 Å². The predicted molar refractivity (Wildman–Crippen MR) is 77.0 cm³/mol. The van der Waals surface area contributed by atoms with E-state index in [0.717, 1.165) is 5.56 Å². The second-order valence-corrected chi connectivity index (χ2v) is 7.31. The van der Waals surface area contributed by atoms with Crippen molar-refractivity contribution in [2.75, 3.05) is 0 Å². The molecule has 0 saturated carbocycles. The Bertz CT molecular complexity index is 549. The molecule has 19 heavy (non-hydrogen) atoms. The van der Waals surface area contributed by atoms with Crippen molar-refractivity contribution in [1.82, 2.24) is 20.2 Å². The fourth-order valence-electron chi connectivity index (χ4n) is 1.31. The average Bonchev–Trinajstić information content (AvgIpc) is 2.78. The molecule has 1 aromatic carbocycles. The van der Waals surface area contributed by atoms with Gasteiger partial charge in [0.05, 0.1) is 6.54 Å². The second-order valence-electron chi connectivity index (χ2n) is 3.70. The van der Waals surface area contributed by atoms with Crippen molar-refractivity contribution in [3.8, 4) is 0 Å². The summed E-state index contributed by atoms with van der Waals surface area (Å²) in [5.74, 6) is -0.0632. The standard InChI is InChI=1S/C10H7Cl5N4/c11-9(12,10(13,14)15)8-16-18-19(17-8)6-7-4-2-1-3-5-7/h1-5H,6H2. The summed E-state index contributed by atoms with van der Waals surface area (Å²) >= 11 is 28.9. The molecule has 0 aliphatic carbocycles. The van der Waals surface area contributed by atoms with Gasteiger partial charge in [0.2, 0.25) is 14.0 Å². The molecule has 1 aromatic heterocycles. The zero-order valence-corrected chi connectivity index (χ0v) is 13.1. The highest BCUT2D eigenvalue weighted by Gasteiger charge is 2.51. The minimum Gasteiger partial charge on any atom is -0.160 e. The second kappa shape index (κ2) is 5.62. The molecule has 102 valence electrons. The molecule has 9 heteroatoms. The molecule has 0 N–H and O–H groups in total. The van der Waals surface area contributed by atoms with Gasteiger partial charge in [-0.05, 0) is 10.8 Å². The molecule has 0 saturated heterocycles. The minimum absolute atomic E-state index is 0.0632. The topological polar surface area (TPSA) is 43.6 Å². The van der Waals surface area contributed by atoms with Gasteiger partial charge in [-0.2, -0.15) is 4.80 Å². The lowest BCUT2D eigenvalue weighted by Gasteiger charge is -2.23. The Morgan fingerprint density at radius 3 is 2.21 bits per heavy atom. The smallest absolute Gasteiger partial charge is 0.160 e. The summed E-state index contributed by atoms with van der Waals surface area (Å²) < 4.78 is -3.83. The van der Waals surface area contributed by atoms with Crippen LogP contribution in [-0.2, 0) is 10.9 Å². The lowest BCUT2D eigenvalue weighted by molar-refractivity contribution is 0.569. The first-order valence-corrected chi connectivity index (χ1v) is 6.96. The number of aromatic nitrogens is 4. The highest BCUT2D eigenvalue weighted by Crippen LogP contribution is 2.51. The molecule has 0 aliphatic rings. The molecule has 0 aliphatic heterocycles. The summed E-state index contributed by atoms with van der Waals surface area (Å²) in [4.78, 5) is 1.32. The van der Waals surface area contributed by atoms with Gasteiger partial charge < -0.3 is 0 Å². The number of alkyl halides is 5. The zero-order valence-electron chi connectivity index (χ0n) is 9.27. The summed E-state index contributed by atoms with van der Waals surface area (Å²) in [6.45, 7) is 0.414. The van der Waals surface area contributed by atoms with E-state index in [1.807, 2.05) is 30.3 Å². The Hall–Kier alpha value is -0.260. The molecule has 0 spiro atoms. The van der Waals surface area contributed by atoms with E-state index < -0.39 is 8.13 Å². The van der Waals surface area contributed by atoms with E-state index in [1.54, 1.807) is 0 Å². The Labute approximate surface area is 134 Å². The summed E-state index contributed by atoms with van der Waals surface area (Å²) in [5.41, 5.74) is 0.995. The molecule has 0 amide bonds. The first-order chi connectivity index (χ1) is 8.80. The van der Waals surface area contributed by atoms with E-state index >= 15 is 0 Å². The fourth-order valence-corrected chi connectivity index (χ4v) is 1.71. The van der Waals surface area contributed by atoms with Crippen molar-refractivity contribution in [2.45, 2.75) is 14.7 Å². The number of hydrogen-bond acceptors (Lipinski definition) is 3. The van der Waals surface area contributed by atoms with Gasteiger partial charge in [0.1, 0.15) is 0 Å². The predicted octanol–water partition coefficient (Wildman–Crippen LogP) is 3.72. The third-order valence-corrected chi connectivity index (χ3v) is 4.59. The van der Waals surface area contributed by atoms with Crippen LogP contribution in [0.2, 0.25) is 0 Å². The van der Waals surface area contributed by atoms with Gasteiger partial charge in [-0.1, -0.05) is 88.3 Å². The minimum atomic E-state index is -1.96. The van der Waals surface area contributed by atoms with Crippen LogP contribution in [0.25, 0.3) is 0 Å². The Morgan fingerprint density at radius 2 is 1.63 bits per heavy atom. The van der Waals surface area contributed by atoms with Gasteiger partial charge in [-0.3, -0.25) is 0 Å². The molecular weight excluding hydrogens is 353 g/mol. The van der Waals surface area contributed by atoms with Gasteiger partial charge in [0.25, 0.3) is 0 Å². The molecule has 0 fully saturated rings. The van der Waals surface area contributed by atoms with Crippen molar-refractivity contribution < 1.29 is 0 Å². The maximum absolute atomic E-state index is 5.95. The summed E-state index contributed by atoms with van der Waals surface area (Å²) in [6.07, 6.45) is 0. The van der Waals surface area contributed by atoms with Gasteiger partial charge >= 0.3 is 0 Å². The highest BCUT2D eigenvalue weighted by atomic mass is 35.6. The summed E-state index contributed by atoms with van der Waals surface area (Å²) in [7, 11) is 0. The van der Waals surface area contributed by atoms with E-state index in [9.17, 15) is 0 Å². The SMILES string of the molecule is ClC(Cl)(Cl)C(Cl)(Cl)c1nnn(Cc2ccccc2)n1. The van der Waals surface area contributed by atoms with Crippen molar-refractivity contribution >= 4 is 58.0 Å². The highest BCUT2D eigenvalue weighted by molar-refractivity contribution is 6.75. The van der Waals surface area contributed by atoms with Crippen LogP contribution in [0.4, 0.5) is 0 Å². The van der Waals surface area contributed by atoms with Crippen molar-refractivity contribution in [2.24, 2.45) is 0 Å². The monoisotopic (exact) mass is 358 g/mol. The molecule has 0 unspecified atom stereocenters. The average molecular weight is 360 g/mol. The molecule has 0 bridgehead atoms. The Kier molecular flexibility index (Phi) is 4.48. The van der Waals surface area contributed by atoms with Gasteiger partial charge in [0.15, 0.2) is 0 Å². The molecular formula is C10H7Cl5N4. The largest absolute Gasteiger partial charge is 0.230 e. The molecule has 0 radical (unpaired) electrons. The van der Waals surface area contributed by atoms with Crippen LogP contribution in [0.3, 0.4) is 0 Å². The zero-order chi connectivity index (χ0) is 14.1. The fraction of sp³-hybridized carbons (Fsp3) is 0.300. The molecule has 4 nitrogen and oxygen atoms in total. The molecule has 0 atom stereocenters. The normalized spacial score (nSPS) is 12.7. The number of halogens is 5. The number of nitrogens with zero attached hydrogens (tertiary/aromatic N) is 4. The maximum atomic E-state index is 5.95. The van der Waals surface area contributed by atoms with E-state index in [4.69, 9.17) is 58.0 Å². The lowest BCUT2D eigenvalue weighted by Crippen LogP contribution is -2.29. The first-order valence-electron chi connectivity index (χ1n) is 5.07. The van der Waals surface area contributed by atoms with Gasteiger partial charge in [-0.25, -0.2) is 0 Å². The summed E-state index contributed by atoms with van der Waals surface area (Å²) in [6, 6.07) is 9.57. The lowest BCUT2D eigenvalue weighted by atomic mass is 10.2. The van der Waals surface area contributed by atoms with Crippen molar-refractivity contribution in [1.29, 1.82) is 0 Å². The quantitative estimate of drug-likeness (QED) is 0.784. The number of rotatable bonds is 3. The molecule has 2 aromatic rings. The van der Waals surface area contributed by atoms with Crippen LogP contribution in [-0.4, -0.2) is 24.0 Å². The van der Waals surface area contributed by atoms with E-state index in [-0.39, 0.29) is 5.82 Å². The van der Waals surface area contributed by atoms with Crippen LogP contribution in [0.5, 0.6) is 0 Å². The van der Waals surface area contributed by atoms with E-state index in [0.29, 0.717) is 6.54 Å².